The zero-order valence-corrected chi connectivity index (χ0v) is 23.9. The first-order valence-corrected chi connectivity index (χ1v) is 13.3. The maximum Gasteiger partial charge on any atom is 0.232 e. The van der Waals surface area contributed by atoms with Gasteiger partial charge in [0.05, 0.1) is 11.5 Å². The first-order chi connectivity index (χ1) is 16.6. The summed E-state index contributed by atoms with van der Waals surface area (Å²) in [5.41, 5.74) is 6.89. The van der Waals surface area contributed by atoms with E-state index in [1.165, 1.54) is 16.0 Å². The van der Waals surface area contributed by atoms with Gasteiger partial charge in [-0.2, -0.15) is 0 Å². The molecule has 0 aliphatic heterocycles. The highest BCUT2D eigenvalue weighted by molar-refractivity contribution is 7.14. The predicted octanol–water partition coefficient (Wildman–Crippen LogP) is 6.31. The first kappa shape index (κ1) is 30.6. The molecule has 1 aromatic heterocycles. The number of nitrogens with one attached hydrogen (secondary N) is 1. The van der Waals surface area contributed by atoms with Gasteiger partial charge in [-0.1, -0.05) is 34.3 Å². The fourth-order valence-corrected chi connectivity index (χ4v) is 5.20. The molecule has 0 unspecified atom stereocenters. The summed E-state index contributed by atoms with van der Waals surface area (Å²) in [6.07, 6.45) is 2.08. The van der Waals surface area contributed by atoms with Gasteiger partial charge >= 0.3 is 0 Å². The number of rotatable bonds is 10. The number of aliphatic hydroxyl groups excluding tert-OH is 1. The summed E-state index contributed by atoms with van der Waals surface area (Å²) in [6.45, 7) is 21.3. The van der Waals surface area contributed by atoms with Crippen molar-refractivity contribution in [3.8, 4) is 0 Å². The molecule has 2 rings (SSSR count). The average molecular weight is 501 g/mol. The van der Waals surface area contributed by atoms with Crippen LogP contribution >= 0.6 is 11.3 Å². The Bertz CT molecular complexity index is 1010. The molecule has 1 amide bonds. The number of carbonyl (C=O) groups excluding carboxylic acids is 1. The van der Waals surface area contributed by atoms with E-state index in [2.05, 4.69) is 56.7 Å². The molecule has 1 heterocycles. The lowest BCUT2D eigenvalue weighted by molar-refractivity contribution is -0.121. The Balaban J connectivity index is 0.00000298. The zero-order valence-electron chi connectivity index (χ0n) is 23.1. The molecular formula is C29H44N2O3S. The van der Waals surface area contributed by atoms with Crippen LogP contribution in [0, 0.1) is 33.6 Å². The molecule has 0 saturated heterocycles. The number of aliphatic hydroxyl groups is 1. The third-order valence-corrected chi connectivity index (χ3v) is 6.99. The number of benzene rings is 1. The lowest BCUT2D eigenvalue weighted by Crippen LogP contribution is -2.26. The summed E-state index contributed by atoms with van der Waals surface area (Å²) in [4.78, 5) is 18.7. The van der Waals surface area contributed by atoms with Crippen molar-refractivity contribution in [2.45, 2.75) is 74.7 Å². The normalized spacial score (nSPS) is 11.2. The van der Waals surface area contributed by atoms with Crippen molar-refractivity contribution >= 4 is 28.9 Å². The highest BCUT2D eigenvalue weighted by atomic mass is 32.1. The number of aryl methyl sites for hydroxylation is 3. The van der Waals surface area contributed by atoms with Crippen molar-refractivity contribution in [1.29, 1.82) is 0 Å². The van der Waals surface area contributed by atoms with Crippen LogP contribution < -0.4 is 5.32 Å². The van der Waals surface area contributed by atoms with Crippen LogP contribution in [0.15, 0.2) is 23.7 Å². The van der Waals surface area contributed by atoms with Crippen LogP contribution in [0.1, 0.15) is 77.3 Å². The van der Waals surface area contributed by atoms with Gasteiger partial charge in [0.15, 0.2) is 0 Å². The third-order valence-electron chi connectivity index (χ3n) is 5.76. The number of hydrogen-bond donors (Lipinski definition) is 2. The lowest BCUT2D eigenvalue weighted by Gasteiger charge is -2.15. The van der Waals surface area contributed by atoms with Crippen molar-refractivity contribution in [2.24, 2.45) is 10.9 Å². The maximum atomic E-state index is 11.9. The highest BCUT2D eigenvalue weighted by Crippen LogP contribution is 2.32. The minimum absolute atomic E-state index is 0.0484. The Morgan fingerprint density at radius 3 is 2.26 bits per heavy atom. The summed E-state index contributed by atoms with van der Waals surface area (Å²) >= 11 is 1.73. The van der Waals surface area contributed by atoms with Gasteiger partial charge in [-0.15, -0.1) is 11.3 Å². The Labute approximate surface area is 216 Å². The average Bonchev–Trinajstić information content (AvgIpc) is 3.09. The molecule has 6 heteroatoms. The molecule has 0 atom stereocenters. The lowest BCUT2D eigenvalue weighted by atomic mass is 9.95. The molecule has 1 aromatic carbocycles. The van der Waals surface area contributed by atoms with Gasteiger partial charge in [-0.25, -0.2) is 0 Å². The molecule has 0 radical (unpaired) electrons. The molecule has 0 saturated carbocycles. The number of nitrogens with zero attached hydrogens (tertiary/aromatic N) is 1. The molecule has 194 valence electrons. The zero-order chi connectivity index (χ0) is 26.7. The molecule has 0 fully saturated rings. The van der Waals surface area contributed by atoms with E-state index in [1.807, 2.05) is 27.7 Å². The molecule has 35 heavy (non-hydrogen) atoms. The fraction of sp³-hybridized carbons (Fsp3) is 0.517. The van der Waals surface area contributed by atoms with Crippen molar-refractivity contribution in [2.75, 3.05) is 20.2 Å². The van der Waals surface area contributed by atoms with Crippen LogP contribution in [0.25, 0.3) is 5.76 Å². The predicted molar refractivity (Wildman–Crippen MR) is 151 cm³/mol. The van der Waals surface area contributed by atoms with Gasteiger partial charge in [-0.05, 0) is 86.4 Å². The van der Waals surface area contributed by atoms with Crippen LogP contribution in [0.3, 0.4) is 0 Å². The quantitative estimate of drug-likeness (QED) is 0.228. The van der Waals surface area contributed by atoms with Crippen LogP contribution in [0.5, 0.6) is 0 Å². The van der Waals surface area contributed by atoms with E-state index in [1.54, 1.807) is 18.4 Å². The fourth-order valence-electron chi connectivity index (χ4n) is 4.04. The molecule has 0 spiro atoms. The SMILES string of the molecule is C=C(OC(=NC)c1sc(C)c(CC(C)C)c1C)c1cc(C)c(CCC(=O)NCCO)c(C)c1.CC. The summed E-state index contributed by atoms with van der Waals surface area (Å²) < 4.78 is 6.20. The molecule has 2 N–H and O–H groups in total. The smallest absolute Gasteiger partial charge is 0.232 e. The van der Waals surface area contributed by atoms with E-state index in [9.17, 15) is 4.79 Å². The van der Waals surface area contributed by atoms with Crippen LogP contribution in [-0.4, -0.2) is 37.1 Å². The Morgan fingerprint density at radius 1 is 1.14 bits per heavy atom. The van der Waals surface area contributed by atoms with Gasteiger partial charge in [-0.3, -0.25) is 9.79 Å². The van der Waals surface area contributed by atoms with Crippen LogP contribution in [0.2, 0.25) is 0 Å². The monoisotopic (exact) mass is 500 g/mol. The number of hydrogen-bond acceptors (Lipinski definition) is 5. The van der Waals surface area contributed by atoms with E-state index < -0.39 is 0 Å². The summed E-state index contributed by atoms with van der Waals surface area (Å²) in [5.74, 6) is 1.69. The van der Waals surface area contributed by atoms with Gasteiger partial charge in [0.1, 0.15) is 5.76 Å². The van der Waals surface area contributed by atoms with E-state index in [4.69, 9.17) is 9.84 Å². The second-order valence-corrected chi connectivity index (χ2v) is 10.1. The summed E-state index contributed by atoms with van der Waals surface area (Å²) in [5, 5.41) is 11.5. The van der Waals surface area contributed by atoms with Gasteiger partial charge in [0.25, 0.3) is 0 Å². The topological polar surface area (TPSA) is 70.9 Å². The number of amides is 1. The maximum absolute atomic E-state index is 11.9. The van der Waals surface area contributed by atoms with Gasteiger partial charge in [0, 0.05) is 30.5 Å². The summed E-state index contributed by atoms with van der Waals surface area (Å²) in [6, 6.07) is 4.11. The molecule has 0 aliphatic carbocycles. The minimum Gasteiger partial charge on any atom is -0.438 e. The second-order valence-electron chi connectivity index (χ2n) is 8.91. The Kier molecular flexibility index (Phi) is 13.0. The highest BCUT2D eigenvalue weighted by Gasteiger charge is 2.20. The third kappa shape index (κ3) is 8.62. The van der Waals surface area contributed by atoms with E-state index in [-0.39, 0.29) is 19.1 Å². The van der Waals surface area contributed by atoms with Gasteiger partial charge in [0.2, 0.25) is 11.8 Å². The van der Waals surface area contributed by atoms with E-state index in [0.29, 0.717) is 30.4 Å². The first-order valence-electron chi connectivity index (χ1n) is 12.5. The molecule has 5 nitrogen and oxygen atoms in total. The van der Waals surface area contributed by atoms with Crippen molar-refractivity contribution < 1.29 is 14.6 Å². The number of ether oxygens (including phenoxy) is 1. The van der Waals surface area contributed by atoms with E-state index in [0.717, 1.165) is 33.6 Å². The van der Waals surface area contributed by atoms with Crippen LogP contribution in [0.4, 0.5) is 0 Å². The largest absolute Gasteiger partial charge is 0.438 e. The summed E-state index contributed by atoms with van der Waals surface area (Å²) in [7, 11) is 1.75. The minimum atomic E-state index is -0.0538. The molecule has 2 aromatic rings. The number of thiophene rings is 1. The van der Waals surface area contributed by atoms with E-state index >= 15 is 0 Å². The molecular weight excluding hydrogens is 456 g/mol. The second kappa shape index (κ2) is 14.8. The molecule has 0 aliphatic rings. The van der Waals surface area contributed by atoms with Crippen LogP contribution in [-0.2, 0) is 22.4 Å². The van der Waals surface area contributed by atoms with Gasteiger partial charge < -0.3 is 15.2 Å². The standard InChI is InChI=1S/C27H38N2O3S.C2H6/c1-16(2)13-24-19(5)26(33-21(24)7)27(28-8)32-20(6)22-14-17(3)23(18(4)15-22)9-10-25(31)29-11-12-30;1-2/h14-16,30H,6,9-13H2,1-5,7-8H3,(H,29,31);1-2H3. The van der Waals surface area contributed by atoms with Crippen molar-refractivity contribution in [1.82, 2.24) is 5.32 Å². The number of aliphatic imine (C=N–C) groups is 1. The Morgan fingerprint density at radius 2 is 1.74 bits per heavy atom. The number of carbonyl (C=O) groups is 1. The molecule has 0 bridgehead atoms. The van der Waals surface area contributed by atoms with Crippen molar-refractivity contribution in [3.63, 3.8) is 0 Å². The van der Waals surface area contributed by atoms with Crippen molar-refractivity contribution in [3.05, 3.63) is 61.8 Å². The Hall–Kier alpha value is -2.44.